The summed E-state index contributed by atoms with van der Waals surface area (Å²) in [5, 5.41) is 1.13. The molecular weight excluding hydrogens is 330 g/mol. The van der Waals surface area contributed by atoms with Crippen molar-refractivity contribution in [2.75, 3.05) is 31.6 Å². The molecule has 5 heteroatoms. The lowest BCUT2D eigenvalue weighted by Gasteiger charge is -2.24. The van der Waals surface area contributed by atoms with E-state index >= 15 is 0 Å². The van der Waals surface area contributed by atoms with Gasteiger partial charge >= 0.3 is 0 Å². The summed E-state index contributed by atoms with van der Waals surface area (Å²) in [4.78, 5) is 20.2. The van der Waals surface area contributed by atoms with E-state index in [0.29, 0.717) is 6.42 Å². The fourth-order valence-electron chi connectivity index (χ4n) is 2.77. The molecule has 1 aliphatic heterocycles. The van der Waals surface area contributed by atoms with Crippen LogP contribution in [0, 0.1) is 0 Å². The van der Waals surface area contributed by atoms with Crippen molar-refractivity contribution in [2.24, 2.45) is 0 Å². The van der Waals surface area contributed by atoms with Gasteiger partial charge in [-0.05, 0) is 30.7 Å². The van der Waals surface area contributed by atoms with Gasteiger partial charge in [0.1, 0.15) is 0 Å². The maximum Gasteiger partial charge on any atom is 0.222 e. The predicted molar refractivity (Wildman–Crippen MR) is 88.5 cm³/mol. The molecule has 1 aliphatic rings. The maximum atomic E-state index is 11.7. The number of carbonyl (C=O) groups excluding carboxylic acids is 1. The number of likely N-dealkylation sites (N-methyl/N-ethyl adjacent to an activating group) is 1. The Bertz CT molecular complexity index is 674. The van der Waals surface area contributed by atoms with Crippen LogP contribution in [-0.4, -0.2) is 42.5 Å². The van der Waals surface area contributed by atoms with Crippen LogP contribution in [0.4, 0.5) is 5.69 Å². The quantitative estimate of drug-likeness (QED) is 0.852. The molecule has 4 nitrogen and oxygen atoms in total. The standard InChI is InChI=1S/C16H18BrN3O/c1-19(9-10-20-8-2-3-16(20)21)15-6-7-18-14-5-4-12(17)11-13(14)15/h4-7,11H,2-3,8-10H2,1H3. The molecule has 3 rings (SSSR count). The molecule has 1 fully saturated rings. The average molecular weight is 348 g/mol. The highest BCUT2D eigenvalue weighted by molar-refractivity contribution is 9.10. The first-order valence-electron chi connectivity index (χ1n) is 7.18. The molecule has 2 heterocycles. The summed E-state index contributed by atoms with van der Waals surface area (Å²) >= 11 is 3.52. The Morgan fingerprint density at radius 3 is 3.00 bits per heavy atom. The lowest BCUT2D eigenvalue weighted by Crippen LogP contribution is -2.34. The summed E-state index contributed by atoms with van der Waals surface area (Å²) in [6.07, 6.45) is 3.53. The van der Waals surface area contributed by atoms with E-state index in [4.69, 9.17) is 0 Å². The lowest BCUT2D eigenvalue weighted by atomic mass is 10.2. The number of pyridine rings is 1. The second-order valence-electron chi connectivity index (χ2n) is 5.40. The van der Waals surface area contributed by atoms with Crippen molar-refractivity contribution >= 4 is 38.4 Å². The van der Waals surface area contributed by atoms with Crippen LogP contribution < -0.4 is 4.90 Å². The minimum absolute atomic E-state index is 0.283. The van der Waals surface area contributed by atoms with E-state index in [1.165, 1.54) is 0 Å². The van der Waals surface area contributed by atoms with Crippen LogP contribution >= 0.6 is 15.9 Å². The summed E-state index contributed by atoms with van der Waals surface area (Å²) in [5.74, 6) is 0.283. The van der Waals surface area contributed by atoms with Crippen LogP contribution in [0.15, 0.2) is 34.9 Å². The van der Waals surface area contributed by atoms with Gasteiger partial charge < -0.3 is 9.80 Å². The number of amides is 1. The summed E-state index contributed by atoms with van der Waals surface area (Å²) in [5.41, 5.74) is 2.13. The SMILES string of the molecule is CN(CCN1CCCC1=O)c1ccnc2ccc(Br)cc12. The summed E-state index contributed by atoms with van der Waals surface area (Å²) in [7, 11) is 2.07. The van der Waals surface area contributed by atoms with Crippen molar-refractivity contribution in [3.05, 3.63) is 34.9 Å². The van der Waals surface area contributed by atoms with Crippen molar-refractivity contribution in [3.63, 3.8) is 0 Å². The van der Waals surface area contributed by atoms with E-state index in [1.54, 1.807) is 0 Å². The molecule has 0 bridgehead atoms. The zero-order valence-electron chi connectivity index (χ0n) is 12.1. The van der Waals surface area contributed by atoms with Gasteiger partial charge in [0.2, 0.25) is 5.91 Å². The first kappa shape index (κ1) is 14.3. The number of hydrogen-bond donors (Lipinski definition) is 0. The summed E-state index contributed by atoms with van der Waals surface area (Å²) in [6, 6.07) is 8.14. The zero-order chi connectivity index (χ0) is 14.8. The third-order valence-corrected chi connectivity index (χ3v) is 4.46. The smallest absolute Gasteiger partial charge is 0.222 e. The number of rotatable bonds is 4. The monoisotopic (exact) mass is 347 g/mol. The van der Waals surface area contributed by atoms with Crippen molar-refractivity contribution in [1.82, 2.24) is 9.88 Å². The third kappa shape index (κ3) is 3.02. The summed E-state index contributed by atoms with van der Waals surface area (Å²) < 4.78 is 1.05. The molecule has 0 spiro atoms. The number of fused-ring (bicyclic) bond motifs is 1. The number of benzene rings is 1. The number of likely N-dealkylation sites (tertiary alicyclic amines) is 1. The summed E-state index contributed by atoms with van der Waals surface area (Å²) in [6.45, 7) is 2.51. The lowest BCUT2D eigenvalue weighted by molar-refractivity contribution is -0.127. The number of hydrogen-bond acceptors (Lipinski definition) is 3. The van der Waals surface area contributed by atoms with Crippen LogP contribution in [0.2, 0.25) is 0 Å². The normalized spacial score (nSPS) is 15.0. The van der Waals surface area contributed by atoms with Crippen LogP contribution in [0.25, 0.3) is 10.9 Å². The Kier molecular flexibility index (Phi) is 4.10. The Labute approximate surface area is 132 Å². The molecule has 0 unspecified atom stereocenters. The van der Waals surface area contributed by atoms with Gasteiger partial charge in [-0.1, -0.05) is 15.9 Å². The second kappa shape index (κ2) is 6.02. The molecule has 0 atom stereocenters. The molecule has 21 heavy (non-hydrogen) atoms. The van der Waals surface area contributed by atoms with Crippen LogP contribution in [0.5, 0.6) is 0 Å². The number of anilines is 1. The van der Waals surface area contributed by atoms with Crippen LogP contribution in [0.1, 0.15) is 12.8 Å². The highest BCUT2D eigenvalue weighted by Gasteiger charge is 2.20. The van der Waals surface area contributed by atoms with Gasteiger partial charge in [0, 0.05) is 54.8 Å². The van der Waals surface area contributed by atoms with Crippen LogP contribution in [0.3, 0.4) is 0 Å². The second-order valence-corrected chi connectivity index (χ2v) is 6.31. The zero-order valence-corrected chi connectivity index (χ0v) is 13.6. The Morgan fingerprint density at radius 1 is 1.38 bits per heavy atom. The topological polar surface area (TPSA) is 36.4 Å². The van der Waals surface area contributed by atoms with Gasteiger partial charge in [-0.3, -0.25) is 9.78 Å². The first-order chi connectivity index (χ1) is 10.1. The van der Waals surface area contributed by atoms with Crippen molar-refractivity contribution < 1.29 is 4.79 Å². The minimum Gasteiger partial charge on any atom is -0.372 e. The van der Waals surface area contributed by atoms with Gasteiger partial charge in [0.15, 0.2) is 0 Å². The first-order valence-corrected chi connectivity index (χ1v) is 7.97. The molecule has 0 saturated carbocycles. The molecule has 1 amide bonds. The fraction of sp³-hybridized carbons (Fsp3) is 0.375. The number of halogens is 1. The van der Waals surface area contributed by atoms with Crippen LogP contribution in [-0.2, 0) is 4.79 Å². The molecular formula is C16H18BrN3O. The van der Waals surface area contributed by atoms with E-state index in [0.717, 1.165) is 47.1 Å². The van der Waals surface area contributed by atoms with E-state index in [9.17, 15) is 4.79 Å². The third-order valence-electron chi connectivity index (χ3n) is 3.97. The molecule has 1 saturated heterocycles. The van der Waals surface area contributed by atoms with Crippen molar-refractivity contribution in [3.8, 4) is 0 Å². The van der Waals surface area contributed by atoms with Gasteiger partial charge in [-0.15, -0.1) is 0 Å². The van der Waals surface area contributed by atoms with Gasteiger partial charge in [-0.2, -0.15) is 0 Å². The van der Waals surface area contributed by atoms with Crippen molar-refractivity contribution in [2.45, 2.75) is 12.8 Å². The van der Waals surface area contributed by atoms with E-state index in [-0.39, 0.29) is 5.91 Å². The largest absolute Gasteiger partial charge is 0.372 e. The van der Waals surface area contributed by atoms with E-state index in [2.05, 4.69) is 38.9 Å². The molecule has 0 aliphatic carbocycles. The van der Waals surface area contributed by atoms with Gasteiger partial charge in [0.25, 0.3) is 0 Å². The van der Waals surface area contributed by atoms with E-state index in [1.807, 2.05) is 29.3 Å². The Hall–Kier alpha value is -1.62. The molecule has 1 aromatic carbocycles. The highest BCUT2D eigenvalue weighted by Crippen LogP contribution is 2.27. The van der Waals surface area contributed by atoms with Crippen molar-refractivity contribution in [1.29, 1.82) is 0 Å². The number of nitrogens with zero attached hydrogens (tertiary/aromatic N) is 3. The number of carbonyl (C=O) groups is 1. The molecule has 0 N–H and O–H groups in total. The van der Waals surface area contributed by atoms with Gasteiger partial charge in [0.05, 0.1) is 5.52 Å². The number of aromatic nitrogens is 1. The molecule has 2 aromatic rings. The Balaban J connectivity index is 1.79. The average Bonchev–Trinajstić information content (AvgIpc) is 2.89. The fourth-order valence-corrected chi connectivity index (χ4v) is 3.13. The minimum atomic E-state index is 0.283. The molecule has 110 valence electrons. The van der Waals surface area contributed by atoms with Gasteiger partial charge in [-0.25, -0.2) is 0 Å². The predicted octanol–water partition coefficient (Wildman–Crippen LogP) is 3.06. The molecule has 1 aromatic heterocycles. The maximum absolute atomic E-state index is 11.7. The Morgan fingerprint density at radius 2 is 2.24 bits per heavy atom. The molecule has 0 radical (unpaired) electrons. The highest BCUT2D eigenvalue weighted by atomic mass is 79.9. The van der Waals surface area contributed by atoms with E-state index < -0.39 is 0 Å².